The number of nitrogens with one attached hydrogen (secondary N) is 2. The first kappa shape index (κ1) is 19.9. The van der Waals surface area contributed by atoms with Gasteiger partial charge in [0.2, 0.25) is 10.0 Å². The van der Waals surface area contributed by atoms with E-state index >= 15 is 0 Å². The minimum absolute atomic E-state index is 0.0420. The van der Waals surface area contributed by atoms with Gasteiger partial charge in [0.15, 0.2) is 6.54 Å². The summed E-state index contributed by atoms with van der Waals surface area (Å²) in [5.41, 5.74) is 0. The maximum absolute atomic E-state index is 13.9. The van der Waals surface area contributed by atoms with Crippen LogP contribution in [0.15, 0.2) is 46.7 Å². The highest BCUT2D eigenvalue weighted by atomic mass is 32.2. The molecule has 2 N–H and O–H groups in total. The Bertz CT molecular complexity index is 879. The smallest absolute Gasteiger partial charge is 0.275 e. The zero-order valence-corrected chi connectivity index (χ0v) is 16.7. The SMILES string of the molecule is C[C@@H](NC(=O)C[NH+]1CCN(S(=O)(=O)c2ccccc2F)CC1)c1cccs1. The highest BCUT2D eigenvalue weighted by Crippen LogP contribution is 2.19. The van der Waals surface area contributed by atoms with Crippen LogP contribution in [0.1, 0.15) is 17.8 Å². The highest BCUT2D eigenvalue weighted by molar-refractivity contribution is 7.89. The van der Waals surface area contributed by atoms with E-state index in [4.69, 9.17) is 0 Å². The van der Waals surface area contributed by atoms with Crippen molar-refractivity contribution < 1.29 is 22.5 Å². The molecule has 1 aromatic carbocycles. The molecule has 9 heteroatoms. The maximum atomic E-state index is 13.9. The average molecular weight is 413 g/mol. The first-order valence-corrected chi connectivity index (χ1v) is 11.1. The first-order valence-electron chi connectivity index (χ1n) is 8.79. The second kappa shape index (κ2) is 8.47. The molecule has 0 radical (unpaired) electrons. The lowest BCUT2D eigenvalue weighted by Crippen LogP contribution is -3.15. The van der Waals surface area contributed by atoms with Gasteiger partial charge >= 0.3 is 0 Å². The third-order valence-corrected chi connectivity index (χ3v) is 7.63. The number of hydrogen-bond donors (Lipinski definition) is 2. The molecule has 0 unspecified atom stereocenters. The van der Waals surface area contributed by atoms with Gasteiger partial charge in [0.25, 0.3) is 5.91 Å². The van der Waals surface area contributed by atoms with Crippen molar-refractivity contribution in [2.24, 2.45) is 0 Å². The lowest BCUT2D eigenvalue weighted by molar-refractivity contribution is -0.895. The van der Waals surface area contributed by atoms with E-state index in [-0.39, 0.29) is 29.9 Å². The number of halogens is 1. The number of piperazine rings is 1. The molecule has 3 rings (SSSR count). The van der Waals surface area contributed by atoms with Gasteiger partial charge in [-0.25, -0.2) is 12.8 Å². The van der Waals surface area contributed by atoms with Gasteiger partial charge in [-0.3, -0.25) is 4.79 Å². The van der Waals surface area contributed by atoms with E-state index in [0.29, 0.717) is 19.6 Å². The zero-order chi connectivity index (χ0) is 19.4. The van der Waals surface area contributed by atoms with Crippen LogP contribution in [0.25, 0.3) is 0 Å². The molecule has 0 aliphatic carbocycles. The summed E-state index contributed by atoms with van der Waals surface area (Å²) in [6.45, 7) is 3.78. The topological polar surface area (TPSA) is 70.9 Å². The van der Waals surface area contributed by atoms with E-state index in [1.807, 2.05) is 24.4 Å². The number of quaternary nitrogens is 1. The van der Waals surface area contributed by atoms with Crippen molar-refractivity contribution in [3.05, 3.63) is 52.5 Å². The van der Waals surface area contributed by atoms with E-state index in [9.17, 15) is 17.6 Å². The summed E-state index contributed by atoms with van der Waals surface area (Å²) in [4.78, 5) is 14.1. The van der Waals surface area contributed by atoms with E-state index in [1.165, 1.54) is 22.5 Å². The van der Waals surface area contributed by atoms with Crippen molar-refractivity contribution in [3.8, 4) is 0 Å². The summed E-state index contributed by atoms with van der Waals surface area (Å²) in [6.07, 6.45) is 0. The fraction of sp³-hybridized carbons (Fsp3) is 0.389. The van der Waals surface area contributed by atoms with Gasteiger partial charge in [-0.1, -0.05) is 18.2 Å². The minimum atomic E-state index is -3.85. The monoisotopic (exact) mass is 412 g/mol. The maximum Gasteiger partial charge on any atom is 0.275 e. The molecule has 146 valence electrons. The van der Waals surface area contributed by atoms with Crippen LogP contribution in [0.2, 0.25) is 0 Å². The Morgan fingerprint density at radius 2 is 1.96 bits per heavy atom. The number of amides is 1. The standard InChI is InChI=1S/C18H22FN3O3S2/c1-14(16-6-4-12-26-16)20-18(23)13-21-8-10-22(11-9-21)27(24,25)17-7-3-2-5-15(17)19/h2-7,12,14H,8-11,13H2,1H3,(H,20,23)/p+1/t14-/m1/s1. The van der Waals surface area contributed by atoms with Gasteiger partial charge in [-0.05, 0) is 30.5 Å². The predicted octanol–water partition coefficient (Wildman–Crippen LogP) is 0.654. The highest BCUT2D eigenvalue weighted by Gasteiger charge is 2.32. The Balaban J connectivity index is 1.53. The van der Waals surface area contributed by atoms with Crippen molar-refractivity contribution >= 4 is 27.3 Å². The van der Waals surface area contributed by atoms with Crippen LogP contribution < -0.4 is 10.2 Å². The number of carbonyl (C=O) groups excluding carboxylic acids is 1. The molecule has 0 spiro atoms. The quantitative estimate of drug-likeness (QED) is 0.732. The lowest BCUT2D eigenvalue weighted by atomic mass is 10.2. The number of nitrogens with zero attached hydrogens (tertiary/aromatic N) is 1. The second-order valence-electron chi connectivity index (χ2n) is 6.57. The van der Waals surface area contributed by atoms with Crippen LogP contribution in [-0.4, -0.2) is 51.4 Å². The number of carbonyl (C=O) groups is 1. The fourth-order valence-corrected chi connectivity index (χ4v) is 5.38. The molecule has 0 bridgehead atoms. The van der Waals surface area contributed by atoms with Crippen molar-refractivity contribution in [2.45, 2.75) is 17.9 Å². The summed E-state index contributed by atoms with van der Waals surface area (Å²) >= 11 is 1.60. The summed E-state index contributed by atoms with van der Waals surface area (Å²) in [7, 11) is -3.85. The Kier molecular flexibility index (Phi) is 6.25. The number of sulfonamides is 1. The van der Waals surface area contributed by atoms with Gasteiger partial charge in [0, 0.05) is 4.88 Å². The van der Waals surface area contributed by atoms with Crippen molar-refractivity contribution in [3.63, 3.8) is 0 Å². The Morgan fingerprint density at radius 3 is 2.59 bits per heavy atom. The molecule has 1 aliphatic heterocycles. The molecule has 0 saturated carbocycles. The van der Waals surface area contributed by atoms with Crippen molar-refractivity contribution in [2.75, 3.05) is 32.7 Å². The summed E-state index contributed by atoms with van der Waals surface area (Å²) in [6, 6.07) is 9.29. The number of rotatable bonds is 6. The minimum Gasteiger partial charge on any atom is -0.344 e. The number of hydrogen-bond acceptors (Lipinski definition) is 4. The van der Waals surface area contributed by atoms with E-state index < -0.39 is 15.8 Å². The summed E-state index contributed by atoms with van der Waals surface area (Å²) in [5.74, 6) is -0.800. The lowest BCUT2D eigenvalue weighted by Gasteiger charge is -2.31. The van der Waals surface area contributed by atoms with Crippen LogP contribution in [0.4, 0.5) is 4.39 Å². The molecule has 1 fully saturated rings. The Hall–Kier alpha value is -1.81. The number of benzene rings is 1. The van der Waals surface area contributed by atoms with Gasteiger partial charge in [0.05, 0.1) is 32.2 Å². The van der Waals surface area contributed by atoms with Gasteiger partial charge in [0.1, 0.15) is 10.7 Å². The predicted molar refractivity (Wildman–Crippen MR) is 102 cm³/mol. The molecule has 2 heterocycles. The molecule has 6 nitrogen and oxygen atoms in total. The van der Waals surface area contributed by atoms with Crippen molar-refractivity contribution in [1.82, 2.24) is 9.62 Å². The van der Waals surface area contributed by atoms with Crippen LogP contribution in [0, 0.1) is 5.82 Å². The largest absolute Gasteiger partial charge is 0.344 e. The van der Waals surface area contributed by atoms with E-state index in [2.05, 4.69) is 5.32 Å². The zero-order valence-electron chi connectivity index (χ0n) is 15.0. The van der Waals surface area contributed by atoms with Crippen LogP contribution in [0.5, 0.6) is 0 Å². The molecule has 27 heavy (non-hydrogen) atoms. The van der Waals surface area contributed by atoms with E-state index in [1.54, 1.807) is 11.3 Å². The summed E-state index contributed by atoms with van der Waals surface area (Å²) < 4.78 is 40.4. The molecule has 1 saturated heterocycles. The molecule has 1 aromatic heterocycles. The van der Waals surface area contributed by atoms with Crippen LogP contribution >= 0.6 is 11.3 Å². The third kappa shape index (κ3) is 4.73. The fourth-order valence-electron chi connectivity index (χ4n) is 3.14. The molecule has 1 aliphatic rings. The van der Waals surface area contributed by atoms with Crippen LogP contribution in [0.3, 0.4) is 0 Å². The molecular weight excluding hydrogens is 389 g/mol. The molecule has 2 aromatic rings. The Labute approximate surface area is 162 Å². The van der Waals surface area contributed by atoms with Gasteiger partial charge in [-0.15, -0.1) is 11.3 Å². The molecular formula is C18H23FN3O3S2+. The molecule has 1 atom stereocenters. The second-order valence-corrected chi connectivity index (χ2v) is 9.45. The summed E-state index contributed by atoms with van der Waals surface area (Å²) in [5, 5.41) is 4.94. The van der Waals surface area contributed by atoms with E-state index in [0.717, 1.165) is 15.8 Å². The van der Waals surface area contributed by atoms with Gasteiger partial charge < -0.3 is 10.2 Å². The first-order chi connectivity index (χ1) is 12.9. The Morgan fingerprint density at radius 1 is 1.26 bits per heavy atom. The normalized spacial score (nSPS) is 17.6. The average Bonchev–Trinajstić information content (AvgIpc) is 3.17. The van der Waals surface area contributed by atoms with Gasteiger partial charge in [-0.2, -0.15) is 4.31 Å². The third-order valence-electron chi connectivity index (χ3n) is 4.64. The van der Waals surface area contributed by atoms with Crippen LogP contribution in [-0.2, 0) is 14.8 Å². The molecule has 1 amide bonds. The van der Waals surface area contributed by atoms with Crippen molar-refractivity contribution in [1.29, 1.82) is 0 Å². The number of thiophene rings is 1.